The largest absolute Gasteiger partial charge is 0.504 e. The minimum atomic E-state index is -0.680. The van der Waals surface area contributed by atoms with E-state index in [4.69, 9.17) is 9.47 Å². The van der Waals surface area contributed by atoms with E-state index in [1.165, 1.54) is 13.2 Å². The fourth-order valence-electron chi connectivity index (χ4n) is 2.59. The lowest BCUT2D eigenvalue weighted by atomic mass is 9.94. The molecule has 3 rings (SSSR count). The van der Waals surface area contributed by atoms with Crippen LogP contribution in [0.25, 0.3) is 0 Å². The number of phenolic OH excluding ortho intramolecular Hbond substituents is 1. The molecule has 0 saturated carbocycles. The van der Waals surface area contributed by atoms with E-state index in [1.54, 1.807) is 6.07 Å². The Bertz CT molecular complexity index is 609. The van der Waals surface area contributed by atoms with Crippen molar-refractivity contribution >= 4 is 0 Å². The van der Waals surface area contributed by atoms with Crippen molar-refractivity contribution in [3.63, 3.8) is 0 Å². The van der Waals surface area contributed by atoms with Gasteiger partial charge in [-0.25, -0.2) is 0 Å². The van der Waals surface area contributed by atoms with Crippen LogP contribution in [0.3, 0.4) is 0 Å². The molecule has 2 N–H and O–H groups in total. The molecule has 0 aromatic heterocycles. The number of aliphatic hydroxyl groups excluding tert-OH is 1. The SMILES string of the molecule is COc1c(O)ccc2c1C[C@@H](O)[C@H](c1ccccc1)O2. The third-order valence-corrected chi connectivity index (χ3v) is 3.55. The molecule has 2 atom stereocenters. The second-order valence-corrected chi connectivity index (χ2v) is 4.82. The van der Waals surface area contributed by atoms with Crippen LogP contribution in [-0.2, 0) is 6.42 Å². The Morgan fingerprint density at radius 3 is 2.60 bits per heavy atom. The van der Waals surface area contributed by atoms with Crippen molar-refractivity contribution in [1.29, 1.82) is 0 Å². The molecular weight excluding hydrogens is 256 g/mol. The first-order chi connectivity index (χ1) is 9.70. The molecule has 0 unspecified atom stereocenters. The molecule has 2 aromatic rings. The number of hydrogen-bond acceptors (Lipinski definition) is 4. The zero-order valence-corrected chi connectivity index (χ0v) is 11.1. The molecule has 1 aliphatic heterocycles. The average molecular weight is 272 g/mol. The summed E-state index contributed by atoms with van der Waals surface area (Å²) in [5.41, 5.74) is 1.63. The molecule has 104 valence electrons. The van der Waals surface area contributed by atoms with Gasteiger partial charge in [0.25, 0.3) is 0 Å². The molecule has 0 amide bonds. The average Bonchev–Trinajstić information content (AvgIpc) is 2.47. The number of methoxy groups -OCH3 is 1. The summed E-state index contributed by atoms with van der Waals surface area (Å²) in [5.74, 6) is 1.06. The van der Waals surface area contributed by atoms with Gasteiger partial charge in [-0.1, -0.05) is 30.3 Å². The van der Waals surface area contributed by atoms with Crippen molar-refractivity contribution in [2.24, 2.45) is 0 Å². The number of rotatable bonds is 2. The first-order valence-electron chi connectivity index (χ1n) is 6.49. The Morgan fingerprint density at radius 1 is 1.15 bits per heavy atom. The Labute approximate surface area is 117 Å². The molecule has 0 bridgehead atoms. The first kappa shape index (κ1) is 12.8. The Morgan fingerprint density at radius 2 is 1.90 bits per heavy atom. The highest BCUT2D eigenvalue weighted by Crippen LogP contribution is 2.43. The first-order valence-corrected chi connectivity index (χ1v) is 6.49. The van der Waals surface area contributed by atoms with Crippen molar-refractivity contribution in [3.05, 3.63) is 53.6 Å². The maximum absolute atomic E-state index is 10.3. The van der Waals surface area contributed by atoms with Gasteiger partial charge in [-0.3, -0.25) is 0 Å². The highest BCUT2D eigenvalue weighted by atomic mass is 16.5. The zero-order valence-electron chi connectivity index (χ0n) is 11.1. The number of aliphatic hydroxyl groups is 1. The van der Waals surface area contributed by atoms with Crippen LogP contribution in [-0.4, -0.2) is 23.4 Å². The van der Waals surface area contributed by atoms with Crippen LogP contribution in [0.15, 0.2) is 42.5 Å². The van der Waals surface area contributed by atoms with Crippen molar-refractivity contribution < 1.29 is 19.7 Å². The number of ether oxygens (including phenoxy) is 2. The van der Waals surface area contributed by atoms with E-state index in [1.807, 2.05) is 30.3 Å². The van der Waals surface area contributed by atoms with Gasteiger partial charge in [-0.15, -0.1) is 0 Å². The predicted octanol–water partition coefficient (Wildman–Crippen LogP) is 2.44. The minimum absolute atomic E-state index is 0.0558. The molecule has 1 aliphatic rings. The van der Waals surface area contributed by atoms with Gasteiger partial charge < -0.3 is 19.7 Å². The number of aromatic hydroxyl groups is 1. The number of phenols is 1. The van der Waals surface area contributed by atoms with Crippen LogP contribution in [0.5, 0.6) is 17.2 Å². The monoisotopic (exact) mass is 272 g/mol. The smallest absolute Gasteiger partial charge is 0.167 e. The molecule has 20 heavy (non-hydrogen) atoms. The third kappa shape index (κ3) is 2.08. The summed E-state index contributed by atoms with van der Waals surface area (Å²) in [6.45, 7) is 0. The fraction of sp³-hybridized carbons (Fsp3) is 0.250. The van der Waals surface area contributed by atoms with E-state index in [9.17, 15) is 10.2 Å². The van der Waals surface area contributed by atoms with Crippen molar-refractivity contribution in [2.45, 2.75) is 18.6 Å². The lowest BCUT2D eigenvalue weighted by molar-refractivity contribution is 0.0198. The second-order valence-electron chi connectivity index (χ2n) is 4.82. The normalized spacial score (nSPS) is 20.9. The fourth-order valence-corrected chi connectivity index (χ4v) is 2.59. The van der Waals surface area contributed by atoms with Gasteiger partial charge in [0.1, 0.15) is 11.9 Å². The maximum atomic E-state index is 10.3. The Hall–Kier alpha value is -2.20. The number of hydrogen-bond donors (Lipinski definition) is 2. The van der Waals surface area contributed by atoms with Crippen LogP contribution in [0.2, 0.25) is 0 Å². The van der Waals surface area contributed by atoms with E-state index in [-0.39, 0.29) is 5.75 Å². The van der Waals surface area contributed by atoms with Crippen molar-refractivity contribution in [2.75, 3.05) is 7.11 Å². The van der Waals surface area contributed by atoms with Gasteiger partial charge in [0.2, 0.25) is 0 Å². The van der Waals surface area contributed by atoms with Crippen LogP contribution >= 0.6 is 0 Å². The Balaban J connectivity index is 2.00. The molecule has 0 fully saturated rings. The summed E-state index contributed by atoms with van der Waals surface area (Å²) >= 11 is 0. The van der Waals surface area contributed by atoms with Gasteiger partial charge in [0, 0.05) is 12.0 Å². The second kappa shape index (κ2) is 5.06. The molecule has 0 aliphatic carbocycles. The quantitative estimate of drug-likeness (QED) is 0.881. The molecule has 4 nitrogen and oxygen atoms in total. The molecule has 1 heterocycles. The summed E-state index contributed by atoms with van der Waals surface area (Å²) in [7, 11) is 1.49. The van der Waals surface area contributed by atoms with Gasteiger partial charge in [0.05, 0.1) is 13.2 Å². The molecular formula is C16H16O4. The van der Waals surface area contributed by atoms with E-state index in [0.29, 0.717) is 23.5 Å². The predicted molar refractivity (Wildman–Crippen MR) is 74.2 cm³/mol. The minimum Gasteiger partial charge on any atom is -0.504 e. The third-order valence-electron chi connectivity index (χ3n) is 3.55. The summed E-state index contributed by atoms with van der Waals surface area (Å²) in [4.78, 5) is 0. The van der Waals surface area contributed by atoms with Crippen LogP contribution in [0, 0.1) is 0 Å². The van der Waals surface area contributed by atoms with Crippen molar-refractivity contribution in [1.82, 2.24) is 0 Å². The lowest BCUT2D eigenvalue weighted by Crippen LogP contribution is -2.30. The molecule has 2 aromatic carbocycles. The van der Waals surface area contributed by atoms with E-state index in [0.717, 1.165) is 5.56 Å². The zero-order chi connectivity index (χ0) is 14.1. The summed E-state index contributed by atoms with van der Waals surface area (Å²) in [6.07, 6.45) is -0.703. The van der Waals surface area contributed by atoms with Gasteiger partial charge >= 0.3 is 0 Å². The standard InChI is InChI=1S/C16H16O4/c1-19-16-11-9-13(18)15(10-5-3-2-4-6-10)20-14(11)8-7-12(16)17/h2-8,13,15,17-18H,9H2,1H3/t13-,15+/m1/s1. The van der Waals surface area contributed by atoms with E-state index >= 15 is 0 Å². The summed E-state index contributed by atoms with van der Waals surface area (Å²) in [5, 5.41) is 20.1. The lowest BCUT2D eigenvalue weighted by Gasteiger charge is -2.31. The Kier molecular flexibility index (Phi) is 3.24. The molecule has 0 spiro atoms. The topological polar surface area (TPSA) is 58.9 Å². The highest BCUT2D eigenvalue weighted by Gasteiger charge is 2.32. The van der Waals surface area contributed by atoms with E-state index in [2.05, 4.69) is 0 Å². The molecule has 4 heteroatoms. The van der Waals surface area contributed by atoms with Crippen LogP contribution in [0.1, 0.15) is 17.2 Å². The number of benzene rings is 2. The number of fused-ring (bicyclic) bond motifs is 1. The molecule has 0 radical (unpaired) electrons. The maximum Gasteiger partial charge on any atom is 0.167 e. The van der Waals surface area contributed by atoms with Gasteiger partial charge in [0.15, 0.2) is 11.5 Å². The summed E-state index contributed by atoms with van der Waals surface area (Å²) < 4.78 is 11.1. The van der Waals surface area contributed by atoms with Crippen molar-refractivity contribution in [3.8, 4) is 17.2 Å². The molecule has 0 saturated heterocycles. The van der Waals surface area contributed by atoms with E-state index < -0.39 is 12.2 Å². The van der Waals surface area contributed by atoms with Gasteiger partial charge in [-0.05, 0) is 17.7 Å². The van der Waals surface area contributed by atoms with Crippen LogP contribution < -0.4 is 9.47 Å². The van der Waals surface area contributed by atoms with Crippen LogP contribution in [0.4, 0.5) is 0 Å². The van der Waals surface area contributed by atoms with Gasteiger partial charge in [-0.2, -0.15) is 0 Å². The highest BCUT2D eigenvalue weighted by molar-refractivity contribution is 5.54. The summed E-state index contributed by atoms with van der Waals surface area (Å²) in [6, 6.07) is 12.9.